The third-order valence-corrected chi connectivity index (χ3v) is 6.25. The van der Waals surface area contributed by atoms with Crippen molar-refractivity contribution in [2.45, 2.75) is 13.5 Å². The molecule has 0 bridgehead atoms. The maximum atomic E-state index is 5.85. The quantitative estimate of drug-likeness (QED) is 0.824. The molecule has 0 spiro atoms. The molecule has 1 unspecified atom stereocenters. The van der Waals surface area contributed by atoms with Gasteiger partial charge in [0.2, 0.25) is 0 Å². The van der Waals surface area contributed by atoms with Gasteiger partial charge in [-0.3, -0.25) is 5.09 Å². The molecule has 2 aromatic rings. The summed E-state index contributed by atoms with van der Waals surface area (Å²) in [4.78, 5) is 0. The Bertz CT molecular complexity index is 545. The first-order valence-corrected chi connectivity index (χ1v) is 9.06. The van der Waals surface area contributed by atoms with Crippen LogP contribution in [0.3, 0.4) is 0 Å². The lowest BCUT2D eigenvalue weighted by Gasteiger charge is -2.23. The Kier molecular flexibility index (Phi) is 5.29. The van der Waals surface area contributed by atoms with E-state index in [1.807, 2.05) is 55.5 Å². The molecule has 0 amide bonds. The fourth-order valence-corrected chi connectivity index (χ4v) is 4.43. The van der Waals surface area contributed by atoms with E-state index >= 15 is 0 Å². The van der Waals surface area contributed by atoms with E-state index in [1.165, 1.54) is 5.56 Å². The Labute approximate surface area is 120 Å². The summed E-state index contributed by atoms with van der Waals surface area (Å²) in [5.41, 5.74) is 1.22. The molecule has 2 nitrogen and oxygen atoms in total. The second-order valence-electron chi connectivity index (χ2n) is 4.13. The van der Waals surface area contributed by atoms with Crippen molar-refractivity contribution < 1.29 is 4.52 Å². The molecule has 0 heterocycles. The van der Waals surface area contributed by atoms with E-state index < -0.39 is 6.42 Å². The van der Waals surface area contributed by atoms with Crippen molar-refractivity contribution in [1.82, 2.24) is 5.09 Å². The predicted octanol–water partition coefficient (Wildman–Crippen LogP) is 3.45. The minimum atomic E-state index is -2.15. The first-order valence-electron chi connectivity index (χ1n) is 6.34. The topological polar surface area (TPSA) is 21.3 Å². The highest BCUT2D eigenvalue weighted by Gasteiger charge is 2.19. The maximum Gasteiger partial charge on any atom is 0.159 e. The van der Waals surface area contributed by atoms with Crippen molar-refractivity contribution in [2.24, 2.45) is 0 Å². The van der Waals surface area contributed by atoms with E-state index in [1.54, 1.807) is 0 Å². The summed E-state index contributed by atoms with van der Waals surface area (Å²) in [6, 6.07) is 20.3. The molecule has 0 aliphatic carbocycles. The summed E-state index contributed by atoms with van der Waals surface area (Å²) in [6.45, 7) is 3.33. The highest BCUT2D eigenvalue weighted by atomic mass is 32.4. The van der Waals surface area contributed by atoms with Crippen LogP contribution in [0.2, 0.25) is 0 Å². The second kappa shape index (κ2) is 6.97. The van der Waals surface area contributed by atoms with Crippen LogP contribution in [0.25, 0.3) is 0 Å². The summed E-state index contributed by atoms with van der Waals surface area (Å²) in [5.74, 6) is 0. The summed E-state index contributed by atoms with van der Waals surface area (Å²) >= 11 is 5.74. The van der Waals surface area contributed by atoms with Gasteiger partial charge in [0.1, 0.15) is 0 Å². The molecule has 0 saturated heterocycles. The van der Waals surface area contributed by atoms with E-state index in [4.69, 9.17) is 16.3 Å². The molecule has 2 rings (SSSR count). The van der Waals surface area contributed by atoms with E-state index in [2.05, 4.69) is 17.2 Å². The zero-order valence-electron chi connectivity index (χ0n) is 11.0. The van der Waals surface area contributed by atoms with Gasteiger partial charge in [-0.15, -0.1) is 0 Å². The Morgan fingerprint density at radius 2 is 1.58 bits per heavy atom. The monoisotopic (exact) mass is 291 g/mol. The minimum Gasteiger partial charge on any atom is -0.335 e. The third kappa shape index (κ3) is 3.99. The number of nitrogens with one attached hydrogen (secondary N) is 1. The molecule has 1 N–H and O–H groups in total. The molecule has 0 aliphatic rings. The van der Waals surface area contributed by atoms with Crippen molar-refractivity contribution in [2.75, 3.05) is 6.61 Å². The predicted molar refractivity (Wildman–Crippen MR) is 85.3 cm³/mol. The largest absolute Gasteiger partial charge is 0.335 e. The molecule has 19 heavy (non-hydrogen) atoms. The first-order chi connectivity index (χ1) is 9.24. The number of hydrogen-bond acceptors (Lipinski definition) is 2. The van der Waals surface area contributed by atoms with E-state index in [0.717, 1.165) is 11.8 Å². The lowest BCUT2D eigenvalue weighted by molar-refractivity contribution is 0.375. The molecule has 0 aromatic heterocycles. The van der Waals surface area contributed by atoms with Gasteiger partial charge >= 0.3 is 0 Å². The Balaban J connectivity index is 2.14. The van der Waals surface area contributed by atoms with Crippen LogP contribution in [0.5, 0.6) is 0 Å². The van der Waals surface area contributed by atoms with Crippen LogP contribution >= 0.6 is 6.42 Å². The molecule has 1 atom stereocenters. The summed E-state index contributed by atoms with van der Waals surface area (Å²) < 4.78 is 5.85. The minimum absolute atomic E-state index is 0.619. The van der Waals surface area contributed by atoms with Crippen molar-refractivity contribution in [3.8, 4) is 0 Å². The van der Waals surface area contributed by atoms with Crippen LogP contribution < -0.4 is 10.4 Å². The number of rotatable bonds is 6. The first kappa shape index (κ1) is 14.4. The molecule has 0 fully saturated rings. The van der Waals surface area contributed by atoms with Gasteiger partial charge in [0.25, 0.3) is 0 Å². The van der Waals surface area contributed by atoms with Crippen LogP contribution in [0.1, 0.15) is 12.5 Å². The lowest BCUT2D eigenvalue weighted by atomic mass is 10.2. The van der Waals surface area contributed by atoms with E-state index in [0.29, 0.717) is 6.61 Å². The summed E-state index contributed by atoms with van der Waals surface area (Å²) in [6.07, 6.45) is -2.15. The molecule has 2 aromatic carbocycles. The van der Waals surface area contributed by atoms with Gasteiger partial charge in [-0.25, -0.2) is 0 Å². The van der Waals surface area contributed by atoms with Crippen LogP contribution in [0.15, 0.2) is 60.7 Å². The molecule has 0 radical (unpaired) electrons. The third-order valence-electron chi connectivity index (χ3n) is 2.74. The van der Waals surface area contributed by atoms with Crippen LogP contribution in [0, 0.1) is 0 Å². The van der Waals surface area contributed by atoms with Gasteiger partial charge in [0.05, 0.1) is 6.61 Å². The van der Waals surface area contributed by atoms with Gasteiger partial charge in [-0.2, -0.15) is 0 Å². The molecule has 100 valence electrons. The standard InChI is InChI=1S/C15H18NOPS/c1-2-17-18(19,15-11-7-4-8-12-15)16-13-14-9-5-3-6-10-14/h3-12H,2,13H2,1H3,(H,16,19). The SMILES string of the molecule is CCOP(=S)(NCc1ccccc1)c1ccccc1. The van der Waals surface area contributed by atoms with E-state index in [-0.39, 0.29) is 0 Å². The molecular weight excluding hydrogens is 273 g/mol. The van der Waals surface area contributed by atoms with Gasteiger partial charge in [0.15, 0.2) is 6.42 Å². The average Bonchev–Trinajstić information content (AvgIpc) is 2.48. The number of benzene rings is 2. The summed E-state index contributed by atoms with van der Waals surface area (Å²) in [7, 11) is 0. The number of hydrogen-bond donors (Lipinski definition) is 1. The van der Waals surface area contributed by atoms with Crippen molar-refractivity contribution in [1.29, 1.82) is 0 Å². The second-order valence-corrected chi connectivity index (χ2v) is 7.86. The zero-order chi connectivity index (χ0) is 13.6. The highest BCUT2D eigenvalue weighted by Crippen LogP contribution is 2.41. The van der Waals surface area contributed by atoms with E-state index in [9.17, 15) is 0 Å². The smallest absolute Gasteiger partial charge is 0.159 e. The molecular formula is C15H18NOPS. The van der Waals surface area contributed by atoms with Crippen molar-refractivity contribution in [3.63, 3.8) is 0 Å². The fourth-order valence-electron chi connectivity index (χ4n) is 1.81. The molecule has 4 heteroatoms. The average molecular weight is 291 g/mol. The van der Waals surface area contributed by atoms with Crippen molar-refractivity contribution in [3.05, 3.63) is 66.2 Å². The fraction of sp³-hybridized carbons (Fsp3) is 0.200. The van der Waals surface area contributed by atoms with Gasteiger partial charge in [0, 0.05) is 11.8 Å². The maximum absolute atomic E-state index is 5.85. The Morgan fingerprint density at radius 1 is 1.00 bits per heavy atom. The van der Waals surface area contributed by atoms with Gasteiger partial charge in [-0.1, -0.05) is 60.7 Å². The van der Waals surface area contributed by atoms with Crippen LogP contribution in [-0.4, -0.2) is 6.61 Å². The van der Waals surface area contributed by atoms with Crippen molar-refractivity contribution >= 4 is 23.5 Å². The summed E-state index contributed by atoms with van der Waals surface area (Å²) in [5, 5.41) is 4.51. The molecule has 0 aliphatic heterocycles. The van der Waals surface area contributed by atoms with Crippen LogP contribution in [0.4, 0.5) is 0 Å². The van der Waals surface area contributed by atoms with Gasteiger partial charge in [-0.05, 0) is 24.3 Å². The van der Waals surface area contributed by atoms with Crippen LogP contribution in [-0.2, 0) is 22.9 Å². The molecule has 0 saturated carbocycles. The highest BCUT2D eigenvalue weighted by molar-refractivity contribution is 8.14. The normalized spacial score (nSPS) is 13.9. The lowest BCUT2D eigenvalue weighted by Crippen LogP contribution is -2.21. The zero-order valence-corrected chi connectivity index (χ0v) is 12.7. The Morgan fingerprint density at radius 3 is 2.16 bits per heavy atom. The Hall–Kier alpha value is -0.990. The van der Waals surface area contributed by atoms with Gasteiger partial charge < -0.3 is 4.52 Å².